The molecule has 9 rings (SSSR count). The maximum atomic E-state index is 13.5. The Morgan fingerprint density at radius 3 is 0.913 bits per heavy atom. The third-order valence-corrected chi connectivity index (χ3v) is 13.2. The molecule has 0 unspecified atom stereocenters. The summed E-state index contributed by atoms with van der Waals surface area (Å²) < 4.78 is 139. The number of hydrogen-bond acceptors (Lipinski definition) is 8. The molecule has 0 aromatic heterocycles. The molecule has 1 aliphatic carbocycles. The van der Waals surface area contributed by atoms with Crippen LogP contribution in [0.3, 0.4) is 0 Å². The average Bonchev–Trinajstić information content (AvgIpc) is 3.63. The summed E-state index contributed by atoms with van der Waals surface area (Å²) in [5, 5.41) is 0. The summed E-state index contributed by atoms with van der Waals surface area (Å²) in [5.41, 5.74) is -5.12. The van der Waals surface area contributed by atoms with Crippen LogP contribution in [0.4, 0.5) is 60.5 Å². The molecule has 0 saturated carbocycles. The Morgan fingerprint density at radius 1 is 0.377 bits per heavy atom. The van der Waals surface area contributed by atoms with Gasteiger partial charge in [-0.1, -0.05) is 123 Å². The minimum Gasteiger partial charge on any atom is -0.376 e. The van der Waals surface area contributed by atoms with E-state index >= 15 is 0 Å². The summed E-state index contributed by atoms with van der Waals surface area (Å²) in [6.07, 6.45) is 0. The fourth-order valence-electron chi connectivity index (χ4n) is 8.44. The molecule has 8 aromatic carbocycles. The molecule has 0 bridgehead atoms. The molecule has 16 heteroatoms. The van der Waals surface area contributed by atoms with Crippen molar-refractivity contribution >= 4 is 54.4 Å². The van der Waals surface area contributed by atoms with Crippen LogP contribution in [0.15, 0.2) is 206 Å². The molecule has 69 heavy (non-hydrogen) atoms. The predicted octanol–water partition coefficient (Wildman–Crippen LogP) is 14.5. The number of alkyl halides is 6. The van der Waals surface area contributed by atoms with Gasteiger partial charge in [-0.15, -0.1) is 0 Å². The largest absolute Gasteiger partial charge is 0.534 e. The van der Waals surface area contributed by atoms with Gasteiger partial charge in [0.25, 0.3) is 0 Å². The summed E-state index contributed by atoms with van der Waals surface area (Å²) in [5.74, 6) is -1.28. The first-order chi connectivity index (χ1) is 33.0. The number of anilines is 6. The lowest BCUT2D eigenvalue weighted by Crippen LogP contribution is -2.30. The molecule has 8 aromatic rings. The molecular formula is C53H40F6N2O6S2. The second-order valence-corrected chi connectivity index (χ2v) is 18.3. The molecule has 0 fully saturated rings. The summed E-state index contributed by atoms with van der Waals surface area (Å²) >= 11 is 0. The van der Waals surface area contributed by atoms with Gasteiger partial charge < -0.3 is 18.2 Å². The van der Waals surface area contributed by atoms with E-state index in [1.54, 1.807) is 0 Å². The summed E-state index contributed by atoms with van der Waals surface area (Å²) in [6.45, 7) is 4.00. The molecule has 8 nitrogen and oxygen atoms in total. The Hall–Kier alpha value is -7.56. The lowest BCUT2D eigenvalue weighted by molar-refractivity contribution is -0.0504. The highest BCUT2D eigenvalue weighted by Gasteiger charge is 2.51. The molecule has 0 heterocycles. The van der Waals surface area contributed by atoms with Gasteiger partial charge >= 0.3 is 31.3 Å². The molecule has 0 spiro atoms. The smallest absolute Gasteiger partial charge is 0.376 e. The fourth-order valence-corrected chi connectivity index (χ4v) is 9.36. The maximum Gasteiger partial charge on any atom is 0.534 e. The van der Waals surface area contributed by atoms with E-state index in [9.17, 15) is 43.2 Å². The molecule has 0 radical (unpaired) electrons. The van der Waals surface area contributed by atoms with Gasteiger partial charge in [-0.2, -0.15) is 43.2 Å². The van der Waals surface area contributed by atoms with E-state index in [2.05, 4.69) is 8.37 Å². The number of para-hydroxylation sites is 4. The zero-order valence-electron chi connectivity index (χ0n) is 36.6. The summed E-state index contributed by atoms with van der Waals surface area (Å²) in [6, 6.07) is 59.6. The van der Waals surface area contributed by atoms with Crippen molar-refractivity contribution in [2.75, 3.05) is 9.80 Å². The number of benzene rings is 8. The molecule has 0 N–H and O–H groups in total. The minimum atomic E-state index is -6.07. The van der Waals surface area contributed by atoms with Crippen LogP contribution < -0.4 is 18.2 Å². The Balaban J connectivity index is 0.00000317. The highest BCUT2D eigenvalue weighted by atomic mass is 32.2. The molecule has 352 valence electrons. The predicted molar refractivity (Wildman–Crippen MR) is 256 cm³/mol. The van der Waals surface area contributed by atoms with Crippen LogP contribution in [0.1, 0.15) is 36.1 Å². The number of nitrogens with zero attached hydrogens (tertiary/aromatic N) is 2. The van der Waals surface area contributed by atoms with Crippen molar-refractivity contribution in [2.24, 2.45) is 0 Å². The van der Waals surface area contributed by atoms with E-state index < -0.39 is 48.2 Å². The quantitative estimate of drug-likeness (QED) is 0.0679. The van der Waals surface area contributed by atoms with Crippen LogP contribution in [-0.4, -0.2) is 27.9 Å². The molecule has 0 aliphatic heterocycles. The molecular weight excluding hydrogens is 939 g/mol. The number of halogens is 6. The van der Waals surface area contributed by atoms with Crippen molar-refractivity contribution in [3.8, 4) is 22.6 Å². The summed E-state index contributed by atoms with van der Waals surface area (Å²) in [7, 11) is -12.1. The normalized spacial score (nSPS) is 13.0. The fraction of sp³-hybridized carbons (Fsp3) is 0.0943. The van der Waals surface area contributed by atoms with Crippen molar-refractivity contribution in [3.63, 3.8) is 0 Å². The van der Waals surface area contributed by atoms with Crippen molar-refractivity contribution in [1.29, 1.82) is 0 Å². The third kappa shape index (κ3) is 9.12. The first-order valence-electron chi connectivity index (χ1n) is 21.3. The molecule has 0 saturated heterocycles. The van der Waals surface area contributed by atoms with Gasteiger partial charge in [0.1, 0.15) is 11.5 Å². The molecule has 0 atom stereocenters. The van der Waals surface area contributed by atoms with E-state index in [4.69, 9.17) is 0 Å². The molecule has 0 amide bonds. The number of rotatable bonds is 12. The van der Waals surface area contributed by atoms with Crippen LogP contribution in [0.5, 0.6) is 11.5 Å². The first kappa shape index (κ1) is 47.9. The van der Waals surface area contributed by atoms with Gasteiger partial charge in [0.05, 0.1) is 5.41 Å². The second kappa shape index (κ2) is 18.8. The monoisotopic (exact) mass is 978 g/mol. The highest BCUT2D eigenvalue weighted by molar-refractivity contribution is 7.88. The van der Waals surface area contributed by atoms with E-state index in [0.717, 1.165) is 47.0 Å². The van der Waals surface area contributed by atoms with Crippen LogP contribution in [0.25, 0.3) is 11.1 Å². The maximum absolute atomic E-state index is 13.5. The van der Waals surface area contributed by atoms with Gasteiger partial charge in [-0.25, -0.2) is 0 Å². The van der Waals surface area contributed by atoms with E-state index in [0.29, 0.717) is 44.8 Å². The van der Waals surface area contributed by atoms with Gasteiger partial charge in [0.15, 0.2) is 0 Å². The Labute approximate surface area is 395 Å². The first-order valence-corrected chi connectivity index (χ1v) is 24.1. The zero-order valence-corrected chi connectivity index (χ0v) is 38.2. The van der Waals surface area contributed by atoms with Crippen LogP contribution in [-0.2, 0) is 25.7 Å². The Morgan fingerprint density at radius 2 is 0.652 bits per heavy atom. The highest BCUT2D eigenvalue weighted by Crippen LogP contribution is 2.59. The topological polar surface area (TPSA) is 93.2 Å². The van der Waals surface area contributed by atoms with Gasteiger partial charge in [0, 0.05) is 34.1 Å². The van der Waals surface area contributed by atoms with Crippen molar-refractivity contribution in [1.82, 2.24) is 0 Å². The standard InChI is InChI=1S/C51H34F6N2O6S2.C2H6/c52-50(53,54)66(60,61)64-43-27-21-35(22-28-43)49(36-23-29-44(30-24-36)65-67(62,63)51(55,56)57)47-33-41(58(37-13-5-1-6-14-37)38-15-7-2-8-16-38)25-31-45(47)46-32-26-42(34-48(46)49)59(39-17-9-3-10-18-39)40-19-11-4-12-20-40;1-2/h1-34H;1-2H3. The van der Waals surface area contributed by atoms with Gasteiger partial charge in [-0.3, -0.25) is 0 Å². The second-order valence-electron chi connectivity index (χ2n) is 15.2. The average molecular weight is 979 g/mol. The minimum absolute atomic E-state index is 0.368. The van der Waals surface area contributed by atoms with Gasteiger partial charge in [0.2, 0.25) is 0 Å². The van der Waals surface area contributed by atoms with Gasteiger partial charge in [-0.05, 0) is 130 Å². The third-order valence-electron chi connectivity index (χ3n) is 11.2. The van der Waals surface area contributed by atoms with Crippen LogP contribution >= 0.6 is 0 Å². The number of fused-ring (bicyclic) bond motifs is 3. The lowest BCUT2D eigenvalue weighted by atomic mass is 9.67. The summed E-state index contributed by atoms with van der Waals surface area (Å²) in [4.78, 5) is 4.04. The van der Waals surface area contributed by atoms with Crippen LogP contribution in [0.2, 0.25) is 0 Å². The SMILES string of the molecule is CC.O=S(=O)(Oc1ccc(C2(c3ccc(OS(=O)(=O)C(F)(F)F)cc3)c3cc(N(c4ccccc4)c4ccccc4)ccc3-c3ccc(N(c4ccccc4)c4ccccc4)cc32)cc1)C(F)(F)F. The van der Waals surface area contributed by atoms with E-state index in [1.165, 1.54) is 24.3 Å². The van der Waals surface area contributed by atoms with Crippen LogP contribution in [0, 0.1) is 0 Å². The van der Waals surface area contributed by atoms with Crippen molar-refractivity contribution in [2.45, 2.75) is 30.3 Å². The van der Waals surface area contributed by atoms with Crippen molar-refractivity contribution < 1.29 is 51.5 Å². The zero-order chi connectivity index (χ0) is 49.2. The van der Waals surface area contributed by atoms with E-state index in [1.807, 2.05) is 181 Å². The Kier molecular flexibility index (Phi) is 13.1. The lowest BCUT2D eigenvalue weighted by Gasteiger charge is -2.36. The number of hydrogen-bond donors (Lipinski definition) is 0. The molecule has 1 aliphatic rings. The van der Waals surface area contributed by atoms with E-state index in [-0.39, 0.29) is 0 Å². The van der Waals surface area contributed by atoms with Crippen molar-refractivity contribution in [3.05, 3.63) is 229 Å². The Bertz CT molecular complexity index is 2990.